The van der Waals surface area contributed by atoms with Gasteiger partial charge in [0.2, 0.25) is 5.91 Å². The number of carbonyl (C=O) groups excluding carboxylic acids is 2. The zero-order valence-electron chi connectivity index (χ0n) is 20.2. The fraction of sp³-hybridized carbons (Fsp3) is 0.500. The molecule has 1 aromatic heterocycles. The number of piperazine rings is 1. The molecule has 34 heavy (non-hydrogen) atoms. The number of benzene rings is 1. The highest BCUT2D eigenvalue weighted by Gasteiger charge is 2.25. The third-order valence-corrected chi connectivity index (χ3v) is 5.68. The van der Waals surface area contributed by atoms with Crippen LogP contribution in [-0.4, -0.2) is 98.6 Å². The lowest BCUT2D eigenvalue weighted by Gasteiger charge is -2.36. The van der Waals surface area contributed by atoms with E-state index in [9.17, 15) is 9.59 Å². The molecular formula is C24H34N6O4. The maximum Gasteiger partial charge on any atom is 0.317 e. The smallest absolute Gasteiger partial charge is 0.317 e. The van der Waals surface area contributed by atoms with Crippen molar-refractivity contribution in [2.24, 2.45) is 0 Å². The van der Waals surface area contributed by atoms with Gasteiger partial charge < -0.3 is 29.5 Å². The minimum absolute atomic E-state index is 0.0357. The van der Waals surface area contributed by atoms with Crippen molar-refractivity contribution in [3.63, 3.8) is 0 Å². The van der Waals surface area contributed by atoms with Crippen molar-refractivity contribution in [2.75, 3.05) is 71.5 Å². The van der Waals surface area contributed by atoms with Crippen molar-refractivity contribution < 1.29 is 19.1 Å². The zero-order valence-corrected chi connectivity index (χ0v) is 20.2. The van der Waals surface area contributed by atoms with Gasteiger partial charge in [0.05, 0.1) is 19.4 Å². The van der Waals surface area contributed by atoms with Crippen molar-refractivity contribution >= 4 is 17.8 Å². The Morgan fingerprint density at radius 1 is 1.09 bits per heavy atom. The number of aromatic nitrogens is 2. The normalized spacial score (nSPS) is 13.5. The Labute approximate surface area is 200 Å². The van der Waals surface area contributed by atoms with Gasteiger partial charge in [0.1, 0.15) is 12.3 Å². The summed E-state index contributed by atoms with van der Waals surface area (Å²) in [4.78, 5) is 30.7. The van der Waals surface area contributed by atoms with Crippen molar-refractivity contribution in [2.45, 2.75) is 13.3 Å². The van der Waals surface area contributed by atoms with E-state index < -0.39 is 0 Å². The quantitative estimate of drug-likeness (QED) is 0.566. The molecule has 10 heteroatoms. The van der Waals surface area contributed by atoms with Crippen LogP contribution >= 0.6 is 0 Å². The molecule has 1 aliphatic rings. The molecule has 10 nitrogen and oxygen atoms in total. The predicted molar refractivity (Wildman–Crippen MR) is 130 cm³/mol. The largest absolute Gasteiger partial charge is 0.497 e. The number of carbonyl (C=O) groups is 2. The van der Waals surface area contributed by atoms with Crippen LogP contribution in [0.2, 0.25) is 0 Å². The first kappa shape index (κ1) is 25.2. The molecule has 0 atom stereocenters. The van der Waals surface area contributed by atoms with Crippen LogP contribution < -0.4 is 15.0 Å². The summed E-state index contributed by atoms with van der Waals surface area (Å²) < 4.78 is 10.4. The van der Waals surface area contributed by atoms with Crippen LogP contribution in [0.3, 0.4) is 0 Å². The Balaban J connectivity index is 1.54. The molecule has 1 saturated heterocycles. The summed E-state index contributed by atoms with van der Waals surface area (Å²) >= 11 is 0. The van der Waals surface area contributed by atoms with Gasteiger partial charge >= 0.3 is 6.03 Å². The molecule has 1 aliphatic heterocycles. The molecule has 3 amide bonds. The van der Waals surface area contributed by atoms with E-state index in [1.54, 1.807) is 19.1 Å². The number of nitrogens with one attached hydrogen (secondary N) is 1. The van der Waals surface area contributed by atoms with E-state index in [-0.39, 0.29) is 18.5 Å². The van der Waals surface area contributed by atoms with E-state index in [0.717, 1.165) is 29.2 Å². The van der Waals surface area contributed by atoms with Crippen molar-refractivity contribution in [1.82, 2.24) is 25.3 Å². The summed E-state index contributed by atoms with van der Waals surface area (Å²) in [6.45, 7) is 5.78. The third kappa shape index (κ3) is 6.80. The van der Waals surface area contributed by atoms with Crippen LogP contribution in [0.5, 0.6) is 5.75 Å². The first-order valence-electron chi connectivity index (χ1n) is 11.6. The van der Waals surface area contributed by atoms with Gasteiger partial charge in [-0.1, -0.05) is 19.1 Å². The van der Waals surface area contributed by atoms with Crippen LogP contribution in [0.4, 0.5) is 10.6 Å². The van der Waals surface area contributed by atoms with E-state index in [0.29, 0.717) is 45.9 Å². The standard InChI is InChI=1S/C24H34N6O4/c1-4-10-25-24(32)30(15-16-33-2)18-23(31)29-13-11-28(12-14-29)22-9-8-21(26-27-22)19-6-5-7-20(17-19)34-3/h5-9,17H,4,10-16,18H2,1-3H3,(H,25,32). The van der Waals surface area contributed by atoms with Crippen LogP contribution in [0.25, 0.3) is 11.3 Å². The number of hydrogen-bond acceptors (Lipinski definition) is 7. The van der Waals surface area contributed by atoms with Gasteiger partial charge in [0.15, 0.2) is 5.82 Å². The number of methoxy groups -OCH3 is 2. The van der Waals surface area contributed by atoms with E-state index in [1.165, 1.54) is 4.90 Å². The number of urea groups is 1. The summed E-state index contributed by atoms with van der Waals surface area (Å²) in [7, 11) is 3.21. The Hall–Kier alpha value is -3.40. The molecule has 0 unspecified atom stereocenters. The molecule has 0 saturated carbocycles. The van der Waals surface area contributed by atoms with Gasteiger partial charge in [0, 0.05) is 51.9 Å². The second kappa shape index (κ2) is 12.7. The molecule has 1 aromatic carbocycles. The van der Waals surface area contributed by atoms with E-state index in [4.69, 9.17) is 9.47 Å². The van der Waals surface area contributed by atoms with Crippen LogP contribution in [0.1, 0.15) is 13.3 Å². The number of anilines is 1. The molecule has 3 rings (SSSR count). The first-order chi connectivity index (χ1) is 16.5. The average molecular weight is 471 g/mol. The molecule has 1 N–H and O–H groups in total. The summed E-state index contributed by atoms with van der Waals surface area (Å²) in [5.74, 6) is 1.48. The van der Waals surface area contributed by atoms with Crippen LogP contribution in [0.15, 0.2) is 36.4 Å². The highest BCUT2D eigenvalue weighted by atomic mass is 16.5. The molecule has 2 heterocycles. The monoisotopic (exact) mass is 470 g/mol. The highest BCUT2D eigenvalue weighted by Crippen LogP contribution is 2.23. The number of hydrogen-bond donors (Lipinski definition) is 1. The minimum atomic E-state index is -0.239. The second-order valence-electron chi connectivity index (χ2n) is 8.02. The van der Waals surface area contributed by atoms with Gasteiger partial charge in [-0.05, 0) is 30.7 Å². The van der Waals surface area contributed by atoms with Gasteiger partial charge in [-0.3, -0.25) is 4.79 Å². The van der Waals surface area contributed by atoms with Crippen LogP contribution in [-0.2, 0) is 9.53 Å². The number of ether oxygens (including phenoxy) is 2. The average Bonchev–Trinajstić information content (AvgIpc) is 2.89. The summed E-state index contributed by atoms with van der Waals surface area (Å²) in [5.41, 5.74) is 1.71. The number of nitrogens with zero attached hydrogens (tertiary/aromatic N) is 5. The maximum absolute atomic E-state index is 12.9. The molecule has 0 aliphatic carbocycles. The SMILES string of the molecule is CCCNC(=O)N(CCOC)CC(=O)N1CCN(c2ccc(-c3cccc(OC)c3)nn2)CC1. The first-order valence-corrected chi connectivity index (χ1v) is 11.6. The van der Waals surface area contributed by atoms with Crippen LogP contribution in [0, 0.1) is 0 Å². The molecular weight excluding hydrogens is 436 g/mol. The molecule has 1 fully saturated rings. The fourth-order valence-electron chi connectivity index (χ4n) is 3.68. The van der Waals surface area contributed by atoms with Gasteiger partial charge in [-0.2, -0.15) is 0 Å². The molecule has 0 radical (unpaired) electrons. The number of rotatable bonds is 10. The lowest BCUT2D eigenvalue weighted by Crippen LogP contribution is -2.53. The Morgan fingerprint density at radius 3 is 2.53 bits per heavy atom. The summed E-state index contributed by atoms with van der Waals surface area (Å²) in [5, 5.41) is 11.6. The summed E-state index contributed by atoms with van der Waals surface area (Å²) in [6.07, 6.45) is 0.836. The third-order valence-electron chi connectivity index (χ3n) is 5.68. The molecule has 2 aromatic rings. The Morgan fingerprint density at radius 2 is 1.88 bits per heavy atom. The minimum Gasteiger partial charge on any atom is -0.497 e. The lowest BCUT2D eigenvalue weighted by molar-refractivity contribution is -0.132. The van der Waals surface area contributed by atoms with Gasteiger partial charge in [-0.25, -0.2) is 4.79 Å². The summed E-state index contributed by atoms with van der Waals surface area (Å²) in [6, 6.07) is 11.4. The lowest BCUT2D eigenvalue weighted by atomic mass is 10.1. The maximum atomic E-state index is 12.9. The van der Waals surface area contributed by atoms with Crippen molar-refractivity contribution in [3.05, 3.63) is 36.4 Å². The van der Waals surface area contributed by atoms with Crippen molar-refractivity contribution in [1.29, 1.82) is 0 Å². The van der Waals surface area contributed by atoms with Gasteiger partial charge in [0.25, 0.3) is 0 Å². The highest BCUT2D eigenvalue weighted by molar-refractivity contribution is 5.84. The van der Waals surface area contributed by atoms with Crippen molar-refractivity contribution in [3.8, 4) is 17.0 Å². The van der Waals surface area contributed by atoms with E-state index in [1.807, 2.05) is 43.3 Å². The fourth-order valence-corrected chi connectivity index (χ4v) is 3.68. The molecule has 184 valence electrons. The molecule has 0 spiro atoms. The topological polar surface area (TPSA) is 100 Å². The Kier molecular flexibility index (Phi) is 9.45. The van der Waals surface area contributed by atoms with Gasteiger partial charge in [-0.15, -0.1) is 10.2 Å². The predicted octanol–water partition coefficient (Wildman–Crippen LogP) is 1.87. The van der Waals surface area contributed by atoms with E-state index in [2.05, 4.69) is 20.4 Å². The molecule has 0 bridgehead atoms. The zero-order chi connectivity index (χ0) is 24.3. The van der Waals surface area contributed by atoms with E-state index >= 15 is 0 Å². The number of amides is 3. The Bertz CT molecular complexity index is 931. The second-order valence-corrected chi connectivity index (χ2v) is 8.02.